The second-order valence-electron chi connectivity index (χ2n) is 5.31. The molecule has 1 aliphatic carbocycles. The number of carbonyl (C=O) groups is 1. The molecule has 0 heterocycles. The van der Waals surface area contributed by atoms with Gasteiger partial charge in [0.1, 0.15) is 0 Å². The van der Waals surface area contributed by atoms with E-state index in [0.29, 0.717) is 5.56 Å². The SMILES string of the molecule is C=C(C)C1(c2cccc(C(=O)O)c2)CCCCC1. The molecular weight excluding hydrogens is 224 g/mol. The predicted molar refractivity (Wildman–Crippen MR) is 73.0 cm³/mol. The first-order valence-electron chi connectivity index (χ1n) is 6.56. The summed E-state index contributed by atoms with van der Waals surface area (Å²) in [4.78, 5) is 11.1. The van der Waals surface area contributed by atoms with Crippen molar-refractivity contribution in [3.8, 4) is 0 Å². The van der Waals surface area contributed by atoms with E-state index in [1.54, 1.807) is 6.07 Å². The van der Waals surface area contributed by atoms with E-state index in [9.17, 15) is 4.79 Å². The van der Waals surface area contributed by atoms with Gasteiger partial charge in [0.2, 0.25) is 0 Å². The molecule has 2 nitrogen and oxygen atoms in total. The monoisotopic (exact) mass is 244 g/mol. The minimum Gasteiger partial charge on any atom is -0.478 e. The molecule has 1 aromatic carbocycles. The first-order valence-corrected chi connectivity index (χ1v) is 6.56. The fourth-order valence-electron chi connectivity index (χ4n) is 3.07. The normalized spacial score (nSPS) is 18.3. The molecule has 0 atom stereocenters. The Kier molecular flexibility index (Phi) is 3.55. The first-order chi connectivity index (χ1) is 8.56. The van der Waals surface area contributed by atoms with Gasteiger partial charge in [0.15, 0.2) is 0 Å². The summed E-state index contributed by atoms with van der Waals surface area (Å²) in [5.41, 5.74) is 2.64. The fourth-order valence-corrected chi connectivity index (χ4v) is 3.07. The van der Waals surface area contributed by atoms with E-state index in [1.165, 1.54) is 19.3 Å². The van der Waals surface area contributed by atoms with Gasteiger partial charge in [0, 0.05) is 5.41 Å². The van der Waals surface area contributed by atoms with E-state index in [4.69, 9.17) is 5.11 Å². The zero-order chi connectivity index (χ0) is 13.2. The fraction of sp³-hybridized carbons (Fsp3) is 0.438. The Bertz CT molecular complexity index is 468. The van der Waals surface area contributed by atoms with Crippen LogP contribution in [0.5, 0.6) is 0 Å². The van der Waals surface area contributed by atoms with Crippen molar-refractivity contribution in [3.05, 3.63) is 47.5 Å². The number of aromatic carboxylic acids is 1. The van der Waals surface area contributed by atoms with Crippen LogP contribution in [-0.4, -0.2) is 11.1 Å². The van der Waals surface area contributed by atoms with Crippen LogP contribution in [-0.2, 0) is 5.41 Å². The third-order valence-corrected chi connectivity index (χ3v) is 4.19. The van der Waals surface area contributed by atoms with Gasteiger partial charge in [-0.2, -0.15) is 0 Å². The van der Waals surface area contributed by atoms with Crippen molar-refractivity contribution in [2.75, 3.05) is 0 Å². The van der Waals surface area contributed by atoms with Crippen LogP contribution in [0.4, 0.5) is 0 Å². The van der Waals surface area contributed by atoms with Crippen LogP contribution in [0.25, 0.3) is 0 Å². The lowest BCUT2D eigenvalue weighted by molar-refractivity contribution is 0.0696. The molecule has 0 radical (unpaired) electrons. The van der Waals surface area contributed by atoms with E-state index in [0.717, 1.165) is 24.0 Å². The number of allylic oxidation sites excluding steroid dienone is 1. The standard InChI is InChI=1S/C16H20O2/c1-12(2)16(9-4-3-5-10-16)14-8-6-7-13(11-14)15(17)18/h6-8,11H,1,3-5,9-10H2,2H3,(H,17,18). The van der Waals surface area contributed by atoms with Gasteiger partial charge in [-0.05, 0) is 37.5 Å². The summed E-state index contributed by atoms with van der Waals surface area (Å²) in [6.45, 7) is 6.22. The lowest BCUT2D eigenvalue weighted by Crippen LogP contribution is -2.30. The summed E-state index contributed by atoms with van der Waals surface area (Å²) in [5.74, 6) is -0.857. The van der Waals surface area contributed by atoms with Crippen molar-refractivity contribution in [1.82, 2.24) is 0 Å². The Morgan fingerprint density at radius 3 is 2.50 bits per heavy atom. The minimum atomic E-state index is -0.857. The van der Waals surface area contributed by atoms with Gasteiger partial charge in [-0.25, -0.2) is 4.79 Å². The molecule has 96 valence electrons. The van der Waals surface area contributed by atoms with Crippen LogP contribution in [0.2, 0.25) is 0 Å². The molecule has 1 aliphatic rings. The molecule has 0 aromatic heterocycles. The molecule has 18 heavy (non-hydrogen) atoms. The number of hydrogen-bond acceptors (Lipinski definition) is 1. The maximum absolute atomic E-state index is 11.1. The molecule has 2 heteroatoms. The quantitative estimate of drug-likeness (QED) is 0.810. The Morgan fingerprint density at radius 2 is 1.94 bits per heavy atom. The van der Waals surface area contributed by atoms with Crippen molar-refractivity contribution in [2.45, 2.75) is 44.4 Å². The van der Waals surface area contributed by atoms with Crippen molar-refractivity contribution in [1.29, 1.82) is 0 Å². The van der Waals surface area contributed by atoms with Gasteiger partial charge in [0.05, 0.1) is 5.56 Å². The molecule has 0 amide bonds. The van der Waals surface area contributed by atoms with Gasteiger partial charge in [0.25, 0.3) is 0 Å². The lowest BCUT2D eigenvalue weighted by atomic mass is 9.65. The molecule has 1 aromatic rings. The number of rotatable bonds is 3. The summed E-state index contributed by atoms with van der Waals surface area (Å²) >= 11 is 0. The number of carboxylic acids is 1. The van der Waals surface area contributed by atoms with Crippen LogP contribution in [0.3, 0.4) is 0 Å². The molecule has 1 N–H and O–H groups in total. The number of benzene rings is 1. The molecule has 0 saturated heterocycles. The smallest absolute Gasteiger partial charge is 0.335 e. The summed E-state index contributed by atoms with van der Waals surface area (Å²) in [7, 11) is 0. The number of hydrogen-bond donors (Lipinski definition) is 1. The molecule has 2 rings (SSSR count). The molecule has 0 bridgehead atoms. The van der Waals surface area contributed by atoms with Crippen molar-refractivity contribution in [3.63, 3.8) is 0 Å². The van der Waals surface area contributed by atoms with E-state index in [1.807, 2.05) is 18.2 Å². The lowest BCUT2D eigenvalue weighted by Gasteiger charge is -2.39. The Balaban J connectivity index is 2.45. The second-order valence-corrected chi connectivity index (χ2v) is 5.31. The average Bonchev–Trinajstić information content (AvgIpc) is 2.39. The van der Waals surface area contributed by atoms with Crippen LogP contribution >= 0.6 is 0 Å². The molecule has 0 spiro atoms. The first kappa shape index (κ1) is 12.9. The third-order valence-electron chi connectivity index (χ3n) is 4.19. The summed E-state index contributed by atoms with van der Waals surface area (Å²) in [6.07, 6.45) is 5.85. The Hall–Kier alpha value is -1.57. The molecule has 1 saturated carbocycles. The molecular formula is C16H20O2. The molecule has 0 aliphatic heterocycles. The highest BCUT2D eigenvalue weighted by molar-refractivity contribution is 5.87. The predicted octanol–water partition coefficient (Wildman–Crippen LogP) is 4.16. The molecule has 1 fully saturated rings. The topological polar surface area (TPSA) is 37.3 Å². The maximum Gasteiger partial charge on any atom is 0.335 e. The van der Waals surface area contributed by atoms with E-state index in [-0.39, 0.29) is 5.41 Å². The van der Waals surface area contributed by atoms with Gasteiger partial charge in [-0.3, -0.25) is 0 Å². The Morgan fingerprint density at radius 1 is 1.28 bits per heavy atom. The third kappa shape index (κ3) is 2.20. The van der Waals surface area contributed by atoms with Crippen molar-refractivity contribution < 1.29 is 9.90 Å². The average molecular weight is 244 g/mol. The van der Waals surface area contributed by atoms with E-state index < -0.39 is 5.97 Å². The summed E-state index contributed by atoms with van der Waals surface area (Å²) in [6, 6.07) is 7.37. The van der Waals surface area contributed by atoms with Crippen LogP contribution in [0.1, 0.15) is 54.9 Å². The highest BCUT2D eigenvalue weighted by Crippen LogP contribution is 2.44. The highest BCUT2D eigenvalue weighted by Gasteiger charge is 2.34. The van der Waals surface area contributed by atoms with E-state index >= 15 is 0 Å². The largest absolute Gasteiger partial charge is 0.478 e. The zero-order valence-electron chi connectivity index (χ0n) is 10.9. The Labute approximate surface area is 108 Å². The van der Waals surface area contributed by atoms with E-state index in [2.05, 4.69) is 13.5 Å². The van der Waals surface area contributed by atoms with Crippen molar-refractivity contribution in [2.24, 2.45) is 0 Å². The highest BCUT2D eigenvalue weighted by atomic mass is 16.4. The number of carboxylic acid groups (broad SMARTS) is 1. The maximum atomic E-state index is 11.1. The van der Waals surface area contributed by atoms with Gasteiger partial charge in [-0.1, -0.05) is 43.5 Å². The van der Waals surface area contributed by atoms with Crippen LogP contribution in [0.15, 0.2) is 36.4 Å². The van der Waals surface area contributed by atoms with Crippen molar-refractivity contribution >= 4 is 5.97 Å². The second kappa shape index (κ2) is 4.97. The minimum absolute atomic E-state index is 0.0102. The summed E-state index contributed by atoms with van der Waals surface area (Å²) < 4.78 is 0. The summed E-state index contributed by atoms with van der Waals surface area (Å²) in [5, 5.41) is 9.11. The van der Waals surface area contributed by atoms with Gasteiger partial charge >= 0.3 is 5.97 Å². The molecule has 0 unspecified atom stereocenters. The zero-order valence-corrected chi connectivity index (χ0v) is 10.9. The van der Waals surface area contributed by atoms with Gasteiger partial charge in [-0.15, -0.1) is 0 Å². The van der Waals surface area contributed by atoms with Crippen LogP contribution in [0, 0.1) is 0 Å². The van der Waals surface area contributed by atoms with Crippen LogP contribution < -0.4 is 0 Å². The van der Waals surface area contributed by atoms with Gasteiger partial charge < -0.3 is 5.11 Å².